The number of anilines is 2. The Labute approximate surface area is 124 Å². The van der Waals surface area contributed by atoms with E-state index in [-0.39, 0.29) is 0 Å². The van der Waals surface area contributed by atoms with Crippen LogP contribution >= 0.6 is 0 Å². The molecule has 3 aromatic rings. The Kier molecular flexibility index (Phi) is 3.73. The standard InChI is InChI=1S/C18H18N2O/c1-3-13-6-4-5-7-16(13)20-18-10-11-19-17-9-8-14(21-2)12-15(17)18/h4-12H,3H2,1-2H3,(H,19,20). The number of para-hydroxylation sites is 1. The molecule has 0 bridgehead atoms. The zero-order valence-corrected chi connectivity index (χ0v) is 12.3. The first kappa shape index (κ1) is 13.4. The number of pyridine rings is 1. The Balaban J connectivity index is 2.07. The van der Waals surface area contributed by atoms with E-state index < -0.39 is 0 Å². The number of ether oxygens (including phenoxy) is 1. The van der Waals surface area contributed by atoms with Gasteiger partial charge >= 0.3 is 0 Å². The normalized spacial score (nSPS) is 10.6. The van der Waals surface area contributed by atoms with Gasteiger partial charge < -0.3 is 10.1 Å². The van der Waals surface area contributed by atoms with Crippen molar-refractivity contribution in [3.05, 3.63) is 60.3 Å². The van der Waals surface area contributed by atoms with Gasteiger partial charge in [-0.3, -0.25) is 4.98 Å². The van der Waals surface area contributed by atoms with E-state index >= 15 is 0 Å². The minimum Gasteiger partial charge on any atom is -0.497 e. The second-order valence-electron chi connectivity index (χ2n) is 4.88. The van der Waals surface area contributed by atoms with Crippen molar-refractivity contribution >= 4 is 22.3 Å². The van der Waals surface area contributed by atoms with Gasteiger partial charge in [-0.2, -0.15) is 0 Å². The van der Waals surface area contributed by atoms with Gasteiger partial charge in [0.1, 0.15) is 5.75 Å². The summed E-state index contributed by atoms with van der Waals surface area (Å²) >= 11 is 0. The summed E-state index contributed by atoms with van der Waals surface area (Å²) < 4.78 is 5.32. The summed E-state index contributed by atoms with van der Waals surface area (Å²) in [6, 6.07) is 16.3. The minimum atomic E-state index is 0.835. The van der Waals surface area contributed by atoms with E-state index in [0.717, 1.165) is 34.4 Å². The molecule has 0 fully saturated rings. The highest BCUT2D eigenvalue weighted by molar-refractivity contribution is 5.94. The molecule has 21 heavy (non-hydrogen) atoms. The molecule has 106 valence electrons. The third-order valence-corrected chi connectivity index (χ3v) is 3.62. The molecular weight excluding hydrogens is 260 g/mol. The lowest BCUT2D eigenvalue weighted by atomic mass is 10.1. The van der Waals surface area contributed by atoms with Crippen LogP contribution in [0.2, 0.25) is 0 Å². The molecule has 0 aliphatic carbocycles. The Hall–Kier alpha value is -2.55. The SMILES string of the molecule is CCc1ccccc1Nc1ccnc2ccc(OC)cc12. The molecule has 2 aromatic carbocycles. The Morgan fingerprint density at radius 2 is 1.90 bits per heavy atom. The van der Waals surface area contributed by atoms with Gasteiger partial charge in [-0.15, -0.1) is 0 Å². The van der Waals surface area contributed by atoms with Crippen LogP contribution in [-0.2, 0) is 6.42 Å². The average Bonchev–Trinajstić information content (AvgIpc) is 2.55. The molecule has 0 spiro atoms. The van der Waals surface area contributed by atoms with Crippen molar-refractivity contribution in [3.8, 4) is 5.75 Å². The maximum absolute atomic E-state index is 5.32. The summed E-state index contributed by atoms with van der Waals surface area (Å²) in [7, 11) is 1.68. The molecule has 0 unspecified atom stereocenters. The largest absolute Gasteiger partial charge is 0.497 e. The van der Waals surface area contributed by atoms with Crippen LogP contribution in [-0.4, -0.2) is 12.1 Å². The summed E-state index contributed by atoms with van der Waals surface area (Å²) in [6.07, 6.45) is 2.82. The third kappa shape index (κ3) is 2.68. The van der Waals surface area contributed by atoms with Gasteiger partial charge in [-0.05, 0) is 42.3 Å². The van der Waals surface area contributed by atoms with Crippen LogP contribution in [0.3, 0.4) is 0 Å². The van der Waals surface area contributed by atoms with E-state index in [2.05, 4.69) is 35.4 Å². The zero-order chi connectivity index (χ0) is 14.7. The van der Waals surface area contributed by atoms with E-state index in [1.54, 1.807) is 7.11 Å². The van der Waals surface area contributed by atoms with E-state index in [1.807, 2.05) is 36.5 Å². The first-order valence-electron chi connectivity index (χ1n) is 7.09. The van der Waals surface area contributed by atoms with Crippen molar-refractivity contribution in [1.29, 1.82) is 0 Å². The summed E-state index contributed by atoms with van der Waals surface area (Å²) in [5, 5.41) is 4.58. The van der Waals surface area contributed by atoms with Gasteiger partial charge in [-0.25, -0.2) is 0 Å². The molecule has 0 amide bonds. The number of aromatic nitrogens is 1. The van der Waals surface area contributed by atoms with Crippen molar-refractivity contribution in [1.82, 2.24) is 4.98 Å². The predicted molar refractivity (Wildman–Crippen MR) is 87.4 cm³/mol. The van der Waals surface area contributed by atoms with Gasteiger partial charge in [0.2, 0.25) is 0 Å². The molecule has 0 aliphatic rings. The molecule has 3 heteroatoms. The zero-order valence-electron chi connectivity index (χ0n) is 12.3. The first-order valence-corrected chi connectivity index (χ1v) is 7.09. The molecule has 1 heterocycles. The van der Waals surface area contributed by atoms with Crippen molar-refractivity contribution in [2.24, 2.45) is 0 Å². The van der Waals surface area contributed by atoms with Crippen LogP contribution in [0.25, 0.3) is 10.9 Å². The van der Waals surface area contributed by atoms with Crippen LogP contribution in [0.5, 0.6) is 5.75 Å². The fraction of sp³-hybridized carbons (Fsp3) is 0.167. The maximum atomic E-state index is 5.32. The van der Waals surface area contributed by atoms with Crippen molar-refractivity contribution in [3.63, 3.8) is 0 Å². The van der Waals surface area contributed by atoms with E-state index in [4.69, 9.17) is 4.74 Å². The molecule has 0 atom stereocenters. The number of aryl methyl sites for hydroxylation is 1. The lowest BCUT2D eigenvalue weighted by molar-refractivity contribution is 0.415. The number of nitrogens with one attached hydrogen (secondary N) is 1. The molecule has 1 aromatic heterocycles. The second kappa shape index (κ2) is 5.83. The summed E-state index contributed by atoms with van der Waals surface area (Å²) in [5.74, 6) is 0.835. The molecule has 3 rings (SSSR count). The molecule has 0 aliphatic heterocycles. The van der Waals surface area contributed by atoms with E-state index in [1.165, 1.54) is 5.56 Å². The lowest BCUT2D eigenvalue weighted by Gasteiger charge is -2.13. The van der Waals surface area contributed by atoms with Crippen LogP contribution < -0.4 is 10.1 Å². The van der Waals surface area contributed by atoms with E-state index in [9.17, 15) is 0 Å². The highest BCUT2D eigenvalue weighted by Crippen LogP contribution is 2.29. The lowest BCUT2D eigenvalue weighted by Crippen LogP contribution is -1.96. The van der Waals surface area contributed by atoms with Gasteiger partial charge in [-0.1, -0.05) is 25.1 Å². The second-order valence-corrected chi connectivity index (χ2v) is 4.88. The molecular formula is C18H18N2O. The molecule has 0 saturated heterocycles. The quantitative estimate of drug-likeness (QED) is 0.760. The molecule has 0 saturated carbocycles. The number of hydrogen-bond donors (Lipinski definition) is 1. The molecule has 0 radical (unpaired) electrons. The van der Waals surface area contributed by atoms with Crippen LogP contribution in [0, 0.1) is 0 Å². The van der Waals surface area contributed by atoms with Crippen molar-refractivity contribution in [2.45, 2.75) is 13.3 Å². The van der Waals surface area contributed by atoms with Gasteiger partial charge in [0.25, 0.3) is 0 Å². The summed E-state index contributed by atoms with van der Waals surface area (Å²) in [6.45, 7) is 2.16. The van der Waals surface area contributed by atoms with Crippen LogP contribution in [0.4, 0.5) is 11.4 Å². The summed E-state index contributed by atoms with van der Waals surface area (Å²) in [4.78, 5) is 4.41. The molecule has 3 nitrogen and oxygen atoms in total. The highest BCUT2D eigenvalue weighted by Gasteiger charge is 2.06. The first-order chi connectivity index (χ1) is 10.3. The summed E-state index contributed by atoms with van der Waals surface area (Å²) in [5.41, 5.74) is 4.43. The Morgan fingerprint density at radius 1 is 1.05 bits per heavy atom. The minimum absolute atomic E-state index is 0.835. The van der Waals surface area contributed by atoms with E-state index in [0.29, 0.717) is 0 Å². The maximum Gasteiger partial charge on any atom is 0.119 e. The fourth-order valence-corrected chi connectivity index (χ4v) is 2.46. The van der Waals surface area contributed by atoms with Crippen LogP contribution in [0.15, 0.2) is 54.7 Å². The molecule has 1 N–H and O–H groups in total. The number of nitrogens with zero attached hydrogens (tertiary/aromatic N) is 1. The smallest absolute Gasteiger partial charge is 0.119 e. The number of rotatable bonds is 4. The van der Waals surface area contributed by atoms with Crippen molar-refractivity contribution < 1.29 is 4.74 Å². The van der Waals surface area contributed by atoms with Gasteiger partial charge in [0, 0.05) is 23.0 Å². The number of hydrogen-bond acceptors (Lipinski definition) is 3. The van der Waals surface area contributed by atoms with Crippen molar-refractivity contribution in [2.75, 3.05) is 12.4 Å². The Bertz CT molecular complexity index is 768. The third-order valence-electron chi connectivity index (χ3n) is 3.62. The monoisotopic (exact) mass is 278 g/mol. The number of fused-ring (bicyclic) bond motifs is 1. The van der Waals surface area contributed by atoms with Crippen LogP contribution in [0.1, 0.15) is 12.5 Å². The Morgan fingerprint density at radius 3 is 2.71 bits per heavy atom. The fourth-order valence-electron chi connectivity index (χ4n) is 2.46. The van der Waals surface area contributed by atoms with Gasteiger partial charge in [0.15, 0.2) is 0 Å². The number of benzene rings is 2. The number of methoxy groups -OCH3 is 1. The highest BCUT2D eigenvalue weighted by atomic mass is 16.5. The average molecular weight is 278 g/mol. The predicted octanol–water partition coefficient (Wildman–Crippen LogP) is 4.55. The van der Waals surface area contributed by atoms with Gasteiger partial charge in [0.05, 0.1) is 12.6 Å². The topological polar surface area (TPSA) is 34.2 Å².